The number of para-hydroxylation sites is 1. The summed E-state index contributed by atoms with van der Waals surface area (Å²) in [5.74, 6) is 0.854. The third-order valence-electron chi connectivity index (χ3n) is 4.86. The topological polar surface area (TPSA) is 52.4 Å². The van der Waals surface area contributed by atoms with E-state index in [0.29, 0.717) is 13.2 Å². The minimum absolute atomic E-state index is 0.0380. The molecule has 1 aromatic heterocycles. The standard InChI is InChI=1S/C20H22N4O2/c1-23-20(14-24-16-21-15-22-24,17-8-4-2-5-9-17)12-19(26-23)13-25-18-10-6-3-7-11-18/h2-11,15-16,19H,12-14H2,1H3/t19-,20+/m0/s1. The van der Waals surface area contributed by atoms with Crippen LogP contribution in [0.1, 0.15) is 12.0 Å². The molecule has 6 nitrogen and oxygen atoms in total. The van der Waals surface area contributed by atoms with E-state index in [1.165, 1.54) is 5.56 Å². The smallest absolute Gasteiger partial charge is 0.137 e. The monoisotopic (exact) mass is 350 g/mol. The molecule has 134 valence electrons. The summed E-state index contributed by atoms with van der Waals surface area (Å²) in [7, 11) is 1.98. The number of benzene rings is 2. The van der Waals surface area contributed by atoms with Crippen LogP contribution in [0.25, 0.3) is 0 Å². The largest absolute Gasteiger partial charge is 0.491 e. The molecule has 0 bridgehead atoms. The van der Waals surface area contributed by atoms with Crippen LogP contribution in [0, 0.1) is 0 Å². The molecule has 3 aromatic rings. The van der Waals surface area contributed by atoms with E-state index in [9.17, 15) is 0 Å². The average Bonchev–Trinajstić information content (AvgIpc) is 3.30. The van der Waals surface area contributed by atoms with Gasteiger partial charge in [0, 0.05) is 13.5 Å². The molecule has 26 heavy (non-hydrogen) atoms. The Hall–Kier alpha value is -2.70. The van der Waals surface area contributed by atoms with Crippen molar-refractivity contribution >= 4 is 0 Å². The Labute approximate surface area is 152 Å². The SMILES string of the molecule is CN1O[C@H](COc2ccccc2)C[C@@]1(Cn1cncn1)c1ccccc1. The Morgan fingerprint density at radius 3 is 2.54 bits per heavy atom. The molecule has 0 spiro atoms. The van der Waals surface area contributed by atoms with Gasteiger partial charge in [-0.25, -0.2) is 4.98 Å². The Kier molecular flexibility index (Phi) is 4.69. The summed E-state index contributed by atoms with van der Waals surface area (Å²) in [5.41, 5.74) is 0.875. The Balaban J connectivity index is 1.55. The highest BCUT2D eigenvalue weighted by Gasteiger charge is 2.47. The van der Waals surface area contributed by atoms with Gasteiger partial charge in [0.05, 0.1) is 12.1 Å². The van der Waals surface area contributed by atoms with Crippen molar-refractivity contribution in [3.8, 4) is 5.75 Å². The van der Waals surface area contributed by atoms with Crippen LogP contribution in [0.2, 0.25) is 0 Å². The summed E-state index contributed by atoms with van der Waals surface area (Å²) in [5, 5.41) is 6.24. The first-order valence-corrected chi connectivity index (χ1v) is 8.73. The number of hydrogen-bond acceptors (Lipinski definition) is 5. The number of hydroxylamine groups is 2. The molecular formula is C20H22N4O2. The highest BCUT2D eigenvalue weighted by atomic mass is 16.7. The van der Waals surface area contributed by atoms with Crippen molar-refractivity contribution < 1.29 is 9.57 Å². The predicted octanol–water partition coefficient (Wildman–Crippen LogP) is 2.89. The van der Waals surface area contributed by atoms with Gasteiger partial charge < -0.3 is 4.74 Å². The molecule has 4 rings (SSSR count). The quantitative estimate of drug-likeness (QED) is 0.684. The minimum atomic E-state index is -0.320. The fraction of sp³-hybridized carbons (Fsp3) is 0.300. The molecule has 1 aliphatic rings. The molecular weight excluding hydrogens is 328 g/mol. The van der Waals surface area contributed by atoms with Crippen molar-refractivity contribution in [2.24, 2.45) is 0 Å². The number of aromatic nitrogens is 3. The molecule has 6 heteroatoms. The van der Waals surface area contributed by atoms with Gasteiger partial charge in [0.25, 0.3) is 0 Å². The van der Waals surface area contributed by atoms with Crippen molar-refractivity contribution in [1.29, 1.82) is 0 Å². The van der Waals surface area contributed by atoms with Crippen LogP contribution in [-0.4, -0.2) is 39.6 Å². The number of rotatable bonds is 6. The maximum atomic E-state index is 6.15. The zero-order chi connectivity index (χ0) is 17.8. The van der Waals surface area contributed by atoms with Crippen molar-refractivity contribution in [1.82, 2.24) is 19.8 Å². The maximum absolute atomic E-state index is 6.15. The fourth-order valence-corrected chi connectivity index (χ4v) is 3.55. The Bertz CT molecular complexity index is 810. The first-order valence-electron chi connectivity index (χ1n) is 8.73. The molecule has 2 aromatic carbocycles. The lowest BCUT2D eigenvalue weighted by Crippen LogP contribution is -2.41. The van der Waals surface area contributed by atoms with Gasteiger partial charge in [0.2, 0.25) is 0 Å². The molecule has 2 atom stereocenters. The van der Waals surface area contributed by atoms with E-state index in [4.69, 9.17) is 9.57 Å². The van der Waals surface area contributed by atoms with Gasteiger partial charge in [0.1, 0.15) is 31.1 Å². The average molecular weight is 350 g/mol. The molecule has 0 radical (unpaired) electrons. The third-order valence-corrected chi connectivity index (χ3v) is 4.86. The van der Waals surface area contributed by atoms with Crippen molar-refractivity contribution in [2.75, 3.05) is 13.7 Å². The molecule has 1 saturated heterocycles. The highest BCUT2D eigenvalue weighted by Crippen LogP contribution is 2.40. The van der Waals surface area contributed by atoms with Gasteiger partial charge in [-0.2, -0.15) is 10.2 Å². The molecule has 1 aliphatic heterocycles. The van der Waals surface area contributed by atoms with Crippen LogP contribution < -0.4 is 4.74 Å². The lowest BCUT2D eigenvalue weighted by molar-refractivity contribution is -0.180. The third kappa shape index (κ3) is 3.34. The summed E-state index contributed by atoms with van der Waals surface area (Å²) < 4.78 is 7.77. The van der Waals surface area contributed by atoms with Gasteiger partial charge in [0.15, 0.2) is 0 Å². The van der Waals surface area contributed by atoms with Gasteiger partial charge >= 0.3 is 0 Å². The van der Waals surface area contributed by atoms with E-state index >= 15 is 0 Å². The first-order chi connectivity index (χ1) is 12.8. The lowest BCUT2D eigenvalue weighted by atomic mass is 9.85. The van der Waals surface area contributed by atoms with Crippen LogP contribution in [0.15, 0.2) is 73.3 Å². The van der Waals surface area contributed by atoms with Crippen molar-refractivity contribution in [2.45, 2.75) is 24.6 Å². The number of hydrogen-bond donors (Lipinski definition) is 0. The Morgan fingerprint density at radius 2 is 1.85 bits per heavy atom. The normalized spacial score (nSPS) is 23.2. The van der Waals surface area contributed by atoms with Crippen LogP contribution in [0.4, 0.5) is 0 Å². The second-order valence-corrected chi connectivity index (χ2v) is 6.54. The van der Waals surface area contributed by atoms with Gasteiger partial charge in [-0.1, -0.05) is 48.5 Å². The van der Waals surface area contributed by atoms with Gasteiger partial charge in [-0.3, -0.25) is 9.52 Å². The van der Waals surface area contributed by atoms with Crippen LogP contribution >= 0.6 is 0 Å². The van der Waals surface area contributed by atoms with Crippen LogP contribution in [0.3, 0.4) is 0 Å². The second kappa shape index (κ2) is 7.27. The fourth-order valence-electron chi connectivity index (χ4n) is 3.55. The first kappa shape index (κ1) is 16.8. The van der Waals surface area contributed by atoms with Gasteiger partial charge in [-0.15, -0.1) is 0 Å². The van der Waals surface area contributed by atoms with E-state index in [2.05, 4.69) is 34.3 Å². The summed E-state index contributed by atoms with van der Waals surface area (Å²) in [6, 6.07) is 20.2. The van der Waals surface area contributed by atoms with E-state index in [1.807, 2.05) is 53.2 Å². The summed E-state index contributed by atoms with van der Waals surface area (Å²) in [6.07, 6.45) is 4.07. The Morgan fingerprint density at radius 1 is 1.12 bits per heavy atom. The van der Waals surface area contributed by atoms with E-state index in [0.717, 1.165) is 12.2 Å². The highest BCUT2D eigenvalue weighted by molar-refractivity contribution is 5.26. The van der Waals surface area contributed by atoms with Crippen LogP contribution in [0.5, 0.6) is 5.75 Å². The molecule has 1 fully saturated rings. The second-order valence-electron chi connectivity index (χ2n) is 6.54. The van der Waals surface area contributed by atoms with E-state index in [-0.39, 0.29) is 11.6 Å². The number of likely N-dealkylation sites (N-methyl/N-ethyl adjacent to an activating group) is 1. The van der Waals surface area contributed by atoms with Gasteiger partial charge in [-0.05, 0) is 17.7 Å². The van der Waals surface area contributed by atoms with Crippen molar-refractivity contribution in [3.63, 3.8) is 0 Å². The number of ether oxygens (including phenoxy) is 1. The van der Waals surface area contributed by atoms with E-state index < -0.39 is 0 Å². The maximum Gasteiger partial charge on any atom is 0.137 e. The molecule has 0 amide bonds. The summed E-state index contributed by atoms with van der Waals surface area (Å²) in [4.78, 5) is 10.2. The van der Waals surface area contributed by atoms with E-state index in [1.54, 1.807) is 12.7 Å². The zero-order valence-corrected chi connectivity index (χ0v) is 14.7. The molecule has 0 aliphatic carbocycles. The molecule has 2 heterocycles. The van der Waals surface area contributed by atoms with Crippen LogP contribution in [-0.2, 0) is 16.9 Å². The number of nitrogens with zero attached hydrogens (tertiary/aromatic N) is 4. The van der Waals surface area contributed by atoms with Crippen molar-refractivity contribution in [3.05, 3.63) is 78.9 Å². The summed E-state index contributed by atoms with van der Waals surface area (Å²) >= 11 is 0. The molecule has 0 saturated carbocycles. The zero-order valence-electron chi connectivity index (χ0n) is 14.7. The summed E-state index contributed by atoms with van der Waals surface area (Å²) in [6.45, 7) is 1.16. The predicted molar refractivity (Wildman–Crippen MR) is 97.3 cm³/mol. The molecule has 0 N–H and O–H groups in total. The minimum Gasteiger partial charge on any atom is -0.491 e. The lowest BCUT2D eigenvalue weighted by Gasteiger charge is -2.34. The molecule has 0 unspecified atom stereocenters.